The highest BCUT2D eigenvalue weighted by Gasteiger charge is 2.19. The molecule has 0 spiro atoms. The van der Waals surface area contributed by atoms with Crippen LogP contribution in [0.25, 0.3) is 0 Å². The van der Waals surface area contributed by atoms with Crippen LogP contribution < -0.4 is 16.0 Å². The second kappa shape index (κ2) is 6.13. The number of nitrogens with zero attached hydrogens (tertiary/aromatic N) is 1. The van der Waals surface area contributed by atoms with Crippen molar-refractivity contribution >= 4 is 27.1 Å². The van der Waals surface area contributed by atoms with Crippen molar-refractivity contribution in [1.29, 1.82) is 0 Å². The van der Waals surface area contributed by atoms with Gasteiger partial charge in [0.1, 0.15) is 0 Å². The molecule has 1 aromatic rings. The second-order valence-electron chi connectivity index (χ2n) is 4.86. The number of para-hydroxylation sites is 1. The SMILES string of the molecule is CNC(=O)C(C)CN(C)c1cccc(S(C)(=O)=O)c1N. The summed E-state index contributed by atoms with van der Waals surface area (Å²) in [6, 6.07) is 4.86. The zero-order chi connectivity index (χ0) is 15.5. The highest BCUT2D eigenvalue weighted by atomic mass is 32.2. The fraction of sp³-hybridized carbons (Fsp3) is 0.462. The van der Waals surface area contributed by atoms with E-state index in [0.29, 0.717) is 12.2 Å². The van der Waals surface area contributed by atoms with Crippen LogP contribution in [-0.4, -0.2) is 41.2 Å². The summed E-state index contributed by atoms with van der Waals surface area (Å²) in [7, 11) is -0.0141. The quantitative estimate of drug-likeness (QED) is 0.772. The molecule has 0 saturated carbocycles. The lowest BCUT2D eigenvalue weighted by atomic mass is 10.1. The van der Waals surface area contributed by atoms with Crippen molar-refractivity contribution in [3.63, 3.8) is 0 Å². The number of amides is 1. The average molecular weight is 299 g/mol. The number of nitrogens with one attached hydrogen (secondary N) is 1. The standard InChI is InChI=1S/C13H21N3O3S/c1-9(13(17)15-2)8-16(3)10-6-5-7-11(12(10)14)20(4,18)19/h5-7,9H,8,14H2,1-4H3,(H,15,17). The molecule has 1 aromatic carbocycles. The van der Waals surface area contributed by atoms with Gasteiger partial charge in [-0.1, -0.05) is 13.0 Å². The summed E-state index contributed by atoms with van der Waals surface area (Å²) in [5.41, 5.74) is 6.74. The number of hydrogen-bond acceptors (Lipinski definition) is 5. The van der Waals surface area contributed by atoms with E-state index in [1.54, 1.807) is 38.1 Å². The summed E-state index contributed by atoms with van der Waals surface area (Å²) >= 11 is 0. The molecule has 0 radical (unpaired) electrons. The topological polar surface area (TPSA) is 92.5 Å². The molecule has 6 nitrogen and oxygen atoms in total. The third-order valence-corrected chi connectivity index (χ3v) is 4.25. The van der Waals surface area contributed by atoms with E-state index in [0.717, 1.165) is 6.26 Å². The number of anilines is 2. The maximum Gasteiger partial charge on any atom is 0.224 e. The Morgan fingerprint density at radius 3 is 2.55 bits per heavy atom. The van der Waals surface area contributed by atoms with Crippen LogP contribution in [0.5, 0.6) is 0 Å². The van der Waals surface area contributed by atoms with Gasteiger partial charge in [-0.2, -0.15) is 0 Å². The van der Waals surface area contributed by atoms with Crippen LogP contribution in [-0.2, 0) is 14.6 Å². The minimum absolute atomic E-state index is 0.0744. The first-order valence-corrected chi connectivity index (χ1v) is 8.09. The molecule has 1 amide bonds. The Morgan fingerprint density at radius 2 is 2.05 bits per heavy atom. The van der Waals surface area contributed by atoms with Crippen molar-refractivity contribution in [3.8, 4) is 0 Å². The van der Waals surface area contributed by atoms with Crippen molar-refractivity contribution in [1.82, 2.24) is 5.32 Å². The number of nitrogens with two attached hydrogens (primary N) is 1. The van der Waals surface area contributed by atoms with Gasteiger partial charge in [-0.25, -0.2) is 8.42 Å². The van der Waals surface area contributed by atoms with Crippen LogP contribution in [0.3, 0.4) is 0 Å². The van der Waals surface area contributed by atoms with Crippen molar-refractivity contribution in [3.05, 3.63) is 18.2 Å². The molecule has 112 valence electrons. The minimum Gasteiger partial charge on any atom is -0.396 e. The molecule has 0 bridgehead atoms. The summed E-state index contributed by atoms with van der Waals surface area (Å²) in [6.07, 6.45) is 1.12. The lowest BCUT2D eigenvalue weighted by molar-refractivity contribution is -0.123. The zero-order valence-electron chi connectivity index (χ0n) is 12.2. The third-order valence-electron chi connectivity index (χ3n) is 3.10. The number of carbonyl (C=O) groups excluding carboxylic acids is 1. The van der Waals surface area contributed by atoms with Crippen LogP contribution in [0.15, 0.2) is 23.1 Å². The largest absolute Gasteiger partial charge is 0.396 e. The smallest absolute Gasteiger partial charge is 0.224 e. The molecule has 3 N–H and O–H groups in total. The average Bonchev–Trinajstić information content (AvgIpc) is 2.36. The first-order valence-electron chi connectivity index (χ1n) is 6.19. The Hall–Kier alpha value is -1.76. The molecular formula is C13H21N3O3S. The normalized spacial score (nSPS) is 12.8. The maximum absolute atomic E-state index is 11.6. The number of benzene rings is 1. The Balaban J connectivity index is 3.06. The molecule has 7 heteroatoms. The van der Waals surface area contributed by atoms with Crippen LogP contribution >= 0.6 is 0 Å². The van der Waals surface area contributed by atoms with E-state index >= 15 is 0 Å². The van der Waals surface area contributed by atoms with Gasteiger partial charge in [-0.15, -0.1) is 0 Å². The van der Waals surface area contributed by atoms with Gasteiger partial charge in [0.15, 0.2) is 9.84 Å². The first kappa shape index (κ1) is 16.3. The maximum atomic E-state index is 11.6. The minimum atomic E-state index is -3.37. The monoisotopic (exact) mass is 299 g/mol. The van der Waals surface area contributed by atoms with E-state index in [-0.39, 0.29) is 22.4 Å². The van der Waals surface area contributed by atoms with Gasteiger partial charge in [0.05, 0.1) is 22.2 Å². The molecule has 0 saturated heterocycles. The molecule has 0 aromatic heterocycles. The Bertz CT molecular complexity index is 599. The molecule has 0 aliphatic carbocycles. The molecule has 20 heavy (non-hydrogen) atoms. The van der Waals surface area contributed by atoms with Crippen LogP contribution in [0.2, 0.25) is 0 Å². The lowest BCUT2D eigenvalue weighted by Crippen LogP contribution is -2.34. The van der Waals surface area contributed by atoms with Crippen molar-refractivity contribution in [2.45, 2.75) is 11.8 Å². The zero-order valence-corrected chi connectivity index (χ0v) is 13.0. The Morgan fingerprint density at radius 1 is 1.45 bits per heavy atom. The van der Waals surface area contributed by atoms with Crippen molar-refractivity contribution < 1.29 is 13.2 Å². The fourth-order valence-corrected chi connectivity index (χ4v) is 2.86. The van der Waals surface area contributed by atoms with Gasteiger partial charge in [0, 0.05) is 26.9 Å². The number of carbonyl (C=O) groups is 1. The molecule has 1 rings (SSSR count). The lowest BCUT2D eigenvalue weighted by Gasteiger charge is -2.24. The highest BCUT2D eigenvalue weighted by molar-refractivity contribution is 7.90. The van der Waals surface area contributed by atoms with Crippen LogP contribution in [0.1, 0.15) is 6.92 Å². The van der Waals surface area contributed by atoms with Gasteiger partial charge < -0.3 is 16.0 Å². The van der Waals surface area contributed by atoms with E-state index in [1.807, 2.05) is 0 Å². The molecule has 0 aliphatic heterocycles. The third kappa shape index (κ3) is 3.63. The molecule has 0 heterocycles. The highest BCUT2D eigenvalue weighted by Crippen LogP contribution is 2.29. The van der Waals surface area contributed by atoms with Crippen LogP contribution in [0.4, 0.5) is 11.4 Å². The summed E-state index contributed by atoms with van der Waals surface area (Å²) in [6.45, 7) is 2.24. The molecule has 1 unspecified atom stereocenters. The van der Waals surface area contributed by atoms with E-state index in [4.69, 9.17) is 5.73 Å². The Kier molecular flexibility index (Phi) is 4.99. The molecular weight excluding hydrogens is 278 g/mol. The van der Waals surface area contributed by atoms with Gasteiger partial charge in [-0.05, 0) is 12.1 Å². The Labute approximate surface area is 119 Å². The van der Waals surface area contributed by atoms with Gasteiger partial charge in [0.25, 0.3) is 0 Å². The van der Waals surface area contributed by atoms with Gasteiger partial charge >= 0.3 is 0 Å². The predicted molar refractivity (Wildman–Crippen MR) is 80.5 cm³/mol. The number of rotatable bonds is 5. The van der Waals surface area contributed by atoms with E-state index in [2.05, 4.69) is 5.32 Å². The number of nitrogen functional groups attached to an aromatic ring is 1. The predicted octanol–water partition coefficient (Wildman–Crippen LogP) is 0.491. The summed E-state index contributed by atoms with van der Waals surface area (Å²) < 4.78 is 23.3. The van der Waals surface area contributed by atoms with Crippen molar-refractivity contribution in [2.24, 2.45) is 5.92 Å². The molecule has 0 fully saturated rings. The van der Waals surface area contributed by atoms with E-state index in [1.165, 1.54) is 6.07 Å². The number of hydrogen-bond donors (Lipinski definition) is 2. The number of sulfone groups is 1. The van der Waals surface area contributed by atoms with Gasteiger partial charge in [0.2, 0.25) is 5.91 Å². The summed E-state index contributed by atoms with van der Waals surface area (Å²) in [4.78, 5) is 13.4. The van der Waals surface area contributed by atoms with E-state index in [9.17, 15) is 13.2 Å². The first-order chi connectivity index (χ1) is 9.18. The van der Waals surface area contributed by atoms with E-state index < -0.39 is 9.84 Å². The fourth-order valence-electron chi connectivity index (χ4n) is 2.03. The van der Waals surface area contributed by atoms with Crippen LogP contribution in [0, 0.1) is 5.92 Å². The second-order valence-corrected chi connectivity index (χ2v) is 6.84. The van der Waals surface area contributed by atoms with Gasteiger partial charge in [-0.3, -0.25) is 4.79 Å². The summed E-state index contributed by atoms with van der Waals surface area (Å²) in [5.74, 6) is -0.305. The molecule has 0 aliphatic rings. The van der Waals surface area contributed by atoms with Crippen molar-refractivity contribution in [2.75, 3.05) is 37.5 Å². The summed E-state index contributed by atoms with van der Waals surface area (Å²) in [5, 5.41) is 2.58. The molecule has 1 atom stereocenters.